The highest BCUT2D eigenvalue weighted by atomic mass is 16.8. The van der Waals surface area contributed by atoms with Crippen LogP contribution in [0.25, 0.3) is 0 Å². The topological polar surface area (TPSA) is 181 Å². The number of benzene rings is 3. The van der Waals surface area contributed by atoms with E-state index in [0.717, 1.165) is 37.5 Å². The minimum absolute atomic E-state index is 0.119. The van der Waals surface area contributed by atoms with Gasteiger partial charge in [-0.1, -0.05) is 91.0 Å². The zero-order valence-corrected chi connectivity index (χ0v) is 31.6. The van der Waals surface area contributed by atoms with Crippen molar-refractivity contribution in [1.82, 2.24) is 0 Å². The number of rotatable bonds is 19. The second kappa shape index (κ2) is 21.0. The third kappa shape index (κ3) is 12.4. The maximum Gasteiger partial charge on any atom is 0.303 e. The third-order valence-electron chi connectivity index (χ3n) is 8.81. The lowest BCUT2D eigenvalue weighted by molar-refractivity contribution is -0.248. The molecule has 3 unspecified atom stereocenters. The lowest BCUT2D eigenvalue weighted by Crippen LogP contribution is -2.49. The van der Waals surface area contributed by atoms with Gasteiger partial charge in [0.05, 0.1) is 26.4 Å². The summed E-state index contributed by atoms with van der Waals surface area (Å²) in [6, 6.07) is 28.2. The van der Waals surface area contributed by atoms with Gasteiger partial charge in [0.1, 0.15) is 37.1 Å². The van der Waals surface area contributed by atoms with Crippen LogP contribution in [0.15, 0.2) is 91.0 Å². The minimum atomic E-state index is -1.51. The first-order valence-corrected chi connectivity index (χ1v) is 18.2. The van der Waals surface area contributed by atoms with Crippen molar-refractivity contribution in [3.8, 4) is 0 Å². The average molecular weight is 781 g/mol. The van der Waals surface area contributed by atoms with Crippen LogP contribution in [0.3, 0.4) is 0 Å². The van der Waals surface area contributed by atoms with Gasteiger partial charge in [0.2, 0.25) is 0 Å². The van der Waals surface area contributed by atoms with Crippen molar-refractivity contribution in [3.63, 3.8) is 0 Å². The molecule has 0 aliphatic carbocycles. The second-order valence-electron chi connectivity index (χ2n) is 13.3. The van der Waals surface area contributed by atoms with Crippen LogP contribution in [-0.4, -0.2) is 104 Å². The largest absolute Gasteiger partial charge is 0.462 e. The van der Waals surface area contributed by atoms with Crippen LogP contribution in [0.1, 0.15) is 44.4 Å². The van der Waals surface area contributed by atoms with Crippen LogP contribution in [0.5, 0.6) is 0 Å². The molecule has 2 saturated heterocycles. The van der Waals surface area contributed by atoms with Gasteiger partial charge in [-0.3, -0.25) is 19.2 Å². The Hall–Kier alpha value is -4.74. The SMILES string of the molecule is CC(=O)OCC(OC(C)=O)[C@@H]1OC(OC(COCc2ccccc2)[C@@H]2O[C@@H](O)[C@H](OCc3ccccc3)[C@H]2OCc2ccccc2)[C@H](OC(C)=O)[C@H]1OC(C)=O. The standard InChI is InChI=1S/C41H48O15/c1-25(42)48-24-33(51-26(2)43)35-37(52-27(3)44)39(53-28(4)45)41(56-35)54-32(23-47-20-29-14-8-5-9-15-29)34-36(49-21-30-16-10-6-11-17-30)38(40(46)55-34)50-22-31-18-12-7-13-19-31/h5-19,32-41,46H,20-24H2,1-4H3/t32?,33?,34-,35-,36-,37-,38+,39+,40+,41?/m0/s1. The van der Waals surface area contributed by atoms with E-state index < -0.39 is 91.9 Å². The quantitative estimate of drug-likeness (QED) is 0.138. The molecule has 15 nitrogen and oxygen atoms in total. The predicted octanol–water partition coefficient (Wildman–Crippen LogP) is 3.56. The fourth-order valence-corrected chi connectivity index (χ4v) is 6.42. The van der Waals surface area contributed by atoms with E-state index >= 15 is 0 Å². The highest BCUT2D eigenvalue weighted by Gasteiger charge is 2.57. The smallest absolute Gasteiger partial charge is 0.303 e. The molecule has 56 heavy (non-hydrogen) atoms. The fraction of sp³-hybridized carbons (Fsp3) is 0.463. The van der Waals surface area contributed by atoms with E-state index in [4.69, 9.17) is 47.4 Å². The van der Waals surface area contributed by atoms with E-state index in [1.807, 2.05) is 91.0 Å². The maximum absolute atomic E-state index is 12.5. The lowest BCUT2D eigenvalue weighted by atomic mass is 10.0. The number of aliphatic hydroxyl groups excluding tert-OH is 1. The Kier molecular flexibility index (Phi) is 15.9. The maximum atomic E-state index is 12.5. The molecule has 0 radical (unpaired) electrons. The van der Waals surface area contributed by atoms with Gasteiger partial charge in [-0.15, -0.1) is 0 Å². The van der Waals surface area contributed by atoms with Crippen LogP contribution in [0.2, 0.25) is 0 Å². The molecule has 0 aromatic heterocycles. The minimum Gasteiger partial charge on any atom is -0.462 e. The van der Waals surface area contributed by atoms with Gasteiger partial charge in [0, 0.05) is 27.7 Å². The summed E-state index contributed by atoms with van der Waals surface area (Å²) in [6.07, 6.45) is -12.6. The Labute approximate surface area is 325 Å². The first kappa shape index (κ1) is 42.4. The molecule has 0 spiro atoms. The molecule has 0 saturated carbocycles. The van der Waals surface area contributed by atoms with Crippen molar-refractivity contribution in [2.24, 2.45) is 0 Å². The van der Waals surface area contributed by atoms with Crippen molar-refractivity contribution in [3.05, 3.63) is 108 Å². The predicted molar refractivity (Wildman–Crippen MR) is 194 cm³/mol. The number of carbonyl (C=O) groups is 4. The van der Waals surface area contributed by atoms with Crippen molar-refractivity contribution < 1.29 is 71.7 Å². The number of esters is 4. The van der Waals surface area contributed by atoms with Crippen molar-refractivity contribution in [2.45, 2.75) is 109 Å². The normalized spacial score (nSPS) is 25.5. The van der Waals surface area contributed by atoms with E-state index in [1.165, 1.54) is 6.92 Å². The monoisotopic (exact) mass is 780 g/mol. The summed E-state index contributed by atoms with van der Waals surface area (Å²) in [5.41, 5.74) is 2.56. The average Bonchev–Trinajstić information content (AvgIpc) is 3.66. The second-order valence-corrected chi connectivity index (χ2v) is 13.3. The number of aliphatic hydroxyl groups is 1. The van der Waals surface area contributed by atoms with Crippen LogP contribution in [0.4, 0.5) is 0 Å². The number of ether oxygens (including phenoxy) is 10. The van der Waals surface area contributed by atoms with Gasteiger partial charge < -0.3 is 52.5 Å². The number of carbonyl (C=O) groups excluding carboxylic acids is 4. The van der Waals surface area contributed by atoms with Crippen LogP contribution >= 0.6 is 0 Å². The molecule has 2 fully saturated rings. The van der Waals surface area contributed by atoms with Gasteiger partial charge in [-0.05, 0) is 16.7 Å². The fourth-order valence-electron chi connectivity index (χ4n) is 6.42. The van der Waals surface area contributed by atoms with Crippen molar-refractivity contribution in [1.29, 1.82) is 0 Å². The van der Waals surface area contributed by atoms with Crippen LogP contribution in [0, 0.1) is 0 Å². The molecule has 0 amide bonds. The molecule has 1 N–H and O–H groups in total. The Bertz CT molecular complexity index is 1690. The zero-order chi connectivity index (χ0) is 40.0. The number of hydrogen-bond acceptors (Lipinski definition) is 15. The summed E-state index contributed by atoms with van der Waals surface area (Å²) in [5.74, 6) is -2.96. The van der Waals surface area contributed by atoms with Crippen LogP contribution < -0.4 is 0 Å². The summed E-state index contributed by atoms with van der Waals surface area (Å²) in [6.45, 7) is 4.36. The van der Waals surface area contributed by atoms with E-state index in [9.17, 15) is 24.3 Å². The molecular formula is C41H48O15. The molecular weight excluding hydrogens is 732 g/mol. The molecule has 10 atom stereocenters. The lowest BCUT2D eigenvalue weighted by Gasteiger charge is -2.32. The van der Waals surface area contributed by atoms with E-state index in [0.29, 0.717) is 0 Å². The van der Waals surface area contributed by atoms with E-state index in [-0.39, 0.29) is 26.4 Å². The zero-order valence-electron chi connectivity index (χ0n) is 31.6. The van der Waals surface area contributed by atoms with Crippen molar-refractivity contribution >= 4 is 23.9 Å². The summed E-state index contributed by atoms with van der Waals surface area (Å²) in [7, 11) is 0. The Morgan fingerprint density at radius 3 is 1.59 bits per heavy atom. The summed E-state index contributed by atoms with van der Waals surface area (Å²) < 4.78 is 59.7. The molecule has 2 aliphatic rings. The summed E-state index contributed by atoms with van der Waals surface area (Å²) in [5, 5.41) is 11.4. The highest BCUT2D eigenvalue weighted by molar-refractivity contribution is 5.68. The highest BCUT2D eigenvalue weighted by Crippen LogP contribution is 2.36. The van der Waals surface area contributed by atoms with Gasteiger partial charge in [-0.2, -0.15) is 0 Å². The molecule has 3 aromatic carbocycles. The first-order chi connectivity index (χ1) is 27.0. The molecule has 3 aromatic rings. The van der Waals surface area contributed by atoms with E-state index in [1.54, 1.807) is 0 Å². The molecule has 0 bridgehead atoms. The van der Waals surface area contributed by atoms with Crippen molar-refractivity contribution in [2.75, 3.05) is 13.2 Å². The Morgan fingerprint density at radius 1 is 0.571 bits per heavy atom. The van der Waals surface area contributed by atoms with Gasteiger partial charge in [0.15, 0.2) is 30.9 Å². The van der Waals surface area contributed by atoms with E-state index in [2.05, 4.69) is 0 Å². The van der Waals surface area contributed by atoms with Gasteiger partial charge >= 0.3 is 23.9 Å². The molecule has 5 rings (SSSR count). The van der Waals surface area contributed by atoms with Gasteiger partial charge in [0.25, 0.3) is 0 Å². The van der Waals surface area contributed by atoms with Crippen LogP contribution in [-0.2, 0) is 86.4 Å². The third-order valence-corrected chi connectivity index (χ3v) is 8.81. The number of hydrogen-bond donors (Lipinski definition) is 1. The summed E-state index contributed by atoms with van der Waals surface area (Å²) in [4.78, 5) is 48.9. The molecule has 15 heteroatoms. The summed E-state index contributed by atoms with van der Waals surface area (Å²) >= 11 is 0. The Balaban J connectivity index is 1.48. The molecule has 2 aliphatic heterocycles. The molecule has 302 valence electrons. The first-order valence-electron chi connectivity index (χ1n) is 18.2. The van der Waals surface area contributed by atoms with Gasteiger partial charge in [-0.25, -0.2) is 0 Å². The molecule has 2 heterocycles. The Morgan fingerprint density at radius 2 is 1.07 bits per heavy atom.